The van der Waals surface area contributed by atoms with Gasteiger partial charge in [-0.15, -0.1) is 0 Å². The second-order valence-corrected chi connectivity index (χ2v) is 6.38. The molecule has 0 radical (unpaired) electrons. The van der Waals surface area contributed by atoms with E-state index in [1.54, 1.807) is 18.3 Å². The monoisotopic (exact) mass is 335 g/mol. The minimum absolute atomic E-state index is 0.0224. The van der Waals surface area contributed by atoms with Crippen LogP contribution in [0.3, 0.4) is 0 Å². The van der Waals surface area contributed by atoms with Crippen LogP contribution in [0.5, 0.6) is 5.88 Å². The minimum atomic E-state index is -0.0224. The van der Waals surface area contributed by atoms with Crippen molar-refractivity contribution in [2.24, 2.45) is 0 Å². The molecule has 128 valence electrons. The Morgan fingerprint density at radius 1 is 1.24 bits per heavy atom. The molecule has 1 aromatic carbocycles. The smallest absolute Gasteiger partial charge is 0.253 e. The van der Waals surface area contributed by atoms with Crippen molar-refractivity contribution >= 4 is 5.91 Å². The molecule has 0 atom stereocenters. The number of aromatic nitrogens is 1. The number of hydrogen-bond acceptors (Lipinski definition) is 4. The summed E-state index contributed by atoms with van der Waals surface area (Å²) < 4.78 is 5.87. The SMILES string of the molecule is Cc1ccc(C(=O)N2CCC(Oc3ncccc3C#N)CC2)cc1C. The van der Waals surface area contributed by atoms with E-state index in [-0.39, 0.29) is 12.0 Å². The first-order valence-corrected chi connectivity index (χ1v) is 8.47. The first kappa shape index (κ1) is 17.0. The second kappa shape index (κ2) is 7.35. The van der Waals surface area contributed by atoms with Crippen molar-refractivity contribution in [1.29, 1.82) is 5.26 Å². The molecule has 1 aromatic heterocycles. The lowest BCUT2D eigenvalue weighted by molar-refractivity contribution is 0.0587. The Morgan fingerprint density at radius 3 is 2.68 bits per heavy atom. The number of hydrogen-bond donors (Lipinski definition) is 0. The number of amides is 1. The number of aryl methyl sites for hydroxylation is 2. The zero-order chi connectivity index (χ0) is 17.8. The third-order valence-electron chi connectivity index (χ3n) is 4.65. The fourth-order valence-corrected chi connectivity index (χ4v) is 2.96. The summed E-state index contributed by atoms with van der Waals surface area (Å²) in [7, 11) is 0. The van der Waals surface area contributed by atoms with Gasteiger partial charge in [-0.3, -0.25) is 4.79 Å². The lowest BCUT2D eigenvalue weighted by atomic mass is 10.0. The van der Waals surface area contributed by atoms with Crippen molar-refractivity contribution in [3.8, 4) is 11.9 Å². The average Bonchev–Trinajstić information content (AvgIpc) is 2.64. The molecule has 3 rings (SSSR count). The van der Waals surface area contributed by atoms with Crippen molar-refractivity contribution in [3.05, 3.63) is 58.8 Å². The van der Waals surface area contributed by atoms with Gasteiger partial charge in [0, 0.05) is 37.7 Å². The summed E-state index contributed by atoms with van der Waals surface area (Å²) in [4.78, 5) is 18.7. The average molecular weight is 335 g/mol. The van der Waals surface area contributed by atoms with Crippen LogP contribution < -0.4 is 4.74 Å². The van der Waals surface area contributed by atoms with E-state index in [9.17, 15) is 4.79 Å². The standard InChI is InChI=1S/C20H21N3O2/c1-14-5-6-16(12-15(14)2)20(24)23-10-7-18(8-11-23)25-19-17(13-21)4-3-9-22-19/h3-6,9,12,18H,7-8,10-11H2,1-2H3. The van der Waals surface area contributed by atoms with Gasteiger partial charge in [0.25, 0.3) is 5.91 Å². The first-order valence-electron chi connectivity index (χ1n) is 8.47. The molecule has 5 nitrogen and oxygen atoms in total. The molecular weight excluding hydrogens is 314 g/mol. The fourth-order valence-electron chi connectivity index (χ4n) is 2.96. The Hall–Kier alpha value is -2.87. The summed E-state index contributed by atoms with van der Waals surface area (Å²) in [5.41, 5.74) is 3.49. The van der Waals surface area contributed by atoms with Crippen LogP contribution in [0.4, 0.5) is 0 Å². The quantitative estimate of drug-likeness (QED) is 0.863. The van der Waals surface area contributed by atoms with Crippen molar-refractivity contribution in [1.82, 2.24) is 9.88 Å². The summed E-state index contributed by atoms with van der Waals surface area (Å²) in [5, 5.41) is 9.11. The number of likely N-dealkylation sites (tertiary alicyclic amines) is 1. The highest BCUT2D eigenvalue weighted by atomic mass is 16.5. The summed E-state index contributed by atoms with van der Waals surface area (Å²) in [6.07, 6.45) is 3.07. The van der Waals surface area contributed by atoms with Crippen molar-refractivity contribution in [3.63, 3.8) is 0 Å². The van der Waals surface area contributed by atoms with Crippen LogP contribution in [0.1, 0.15) is 39.9 Å². The summed E-state index contributed by atoms with van der Waals surface area (Å²) >= 11 is 0. The van der Waals surface area contributed by atoms with Crippen molar-refractivity contribution in [2.75, 3.05) is 13.1 Å². The Bertz CT molecular complexity index is 818. The highest BCUT2D eigenvalue weighted by Gasteiger charge is 2.25. The van der Waals surface area contributed by atoms with E-state index in [1.807, 2.05) is 36.9 Å². The summed E-state index contributed by atoms with van der Waals surface area (Å²) in [6.45, 7) is 5.35. The molecule has 1 fully saturated rings. The Balaban J connectivity index is 1.61. The first-order chi connectivity index (χ1) is 12.1. The van der Waals surface area contributed by atoms with E-state index < -0.39 is 0 Å². The number of carbonyl (C=O) groups excluding carboxylic acids is 1. The molecule has 1 amide bonds. The van der Waals surface area contributed by atoms with E-state index in [4.69, 9.17) is 10.00 Å². The topological polar surface area (TPSA) is 66.2 Å². The number of ether oxygens (including phenoxy) is 1. The molecule has 2 heterocycles. The molecule has 5 heteroatoms. The molecule has 0 bridgehead atoms. The lowest BCUT2D eigenvalue weighted by Crippen LogP contribution is -2.42. The largest absolute Gasteiger partial charge is 0.473 e. The second-order valence-electron chi connectivity index (χ2n) is 6.38. The van der Waals surface area contributed by atoms with Crippen LogP contribution in [0.2, 0.25) is 0 Å². The molecule has 0 saturated carbocycles. The van der Waals surface area contributed by atoms with E-state index in [2.05, 4.69) is 11.1 Å². The number of nitrogens with zero attached hydrogens (tertiary/aromatic N) is 3. The van der Waals surface area contributed by atoms with Gasteiger partial charge in [0.2, 0.25) is 5.88 Å². The van der Waals surface area contributed by atoms with Gasteiger partial charge in [-0.25, -0.2) is 4.98 Å². The van der Waals surface area contributed by atoms with Gasteiger partial charge in [-0.2, -0.15) is 5.26 Å². The van der Waals surface area contributed by atoms with E-state index in [0.717, 1.165) is 24.0 Å². The van der Waals surface area contributed by atoms with Crippen molar-refractivity contribution in [2.45, 2.75) is 32.8 Å². The van der Waals surface area contributed by atoms with Crippen LogP contribution in [0, 0.1) is 25.2 Å². The summed E-state index contributed by atoms with van der Waals surface area (Å²) in [5.74, 6) is 0.445. The molecule has 2 aromatic rings. The van der Waals surface area contributed by atoms with Gasteiger partial charge < -0.3 is 9.64 Å². The number of benzene rings is 1. The number of rotatable bonds is 3. The number of nitriles is 1. The molecule has 0 N–H and O–H groups in total. The predicted molar refractivity (Wildman–Crippen MR) is 94.4 cm³/mol. The number of pyridine rings is 1. The van der Waals surface area contributed by atoms with Crippen LogP contribution in [-0.2, 0) is 0 Å². The maximum atomic E-state index is 12.7. The van der Waals surface area contributed by atoms with Gasteiger partial charge in [0.1, 0.15) is 17.7 Å². The molecule has 25 heavy (non-hydrogen) atoms. The van der Waals surface area contributed by atoms with Gasteiger partial charge >= 0.3 is 0 Å². The highest BCUT2D eigenvalue weighted by Crippen LogP contribution is 2.21. The number of carbonyl (C=O) groups is 1. The molecule has 1 aliphatic heterocycles. The maximum absolute atomic E-state index is 12.7. The maximum Gasteiger partial charge on any atom is 0.253 e. The normalized spacial score (nSPS) is 14.8. The number of piperidine rings is 1. The highest BCUT2D eigenvalue weighted by molar-refractivity contribution is 5.94. The Labute approximate surface area is 147 Å². The fraction of sp³-hybridized carbons (Fsp3) is 0.350. The van der Waals surface area contributed by atoms with Crippen LogP contribution >= 0.6 is 0 Å². The Kier molecular flexibility index (Phi) is 4.99. The van der Waals surface area contributed by atoms with E-state index in [1.165, 1.54) is 5.56 Å². The molecule has 1 saturated heterocycles. The molecular formula is C20H21N3O2. The van der Waals surface area contributed by atoms with E-state index >= 15 is 0 Å². The molecule has 0 aliphatic carbocycles. The van der Waals surface area contributed by atoms with Gasteiger partial charge in [0.15, 0.2) is 0 Å². The van der Waals surface area contributed by atoms with Crippen LogP contribution in [0.25, 0.3) is 0 Å². The zero-order valence-electron chi connectivity index (χ0n) is 14.5. The molecule has 1 aliphatic rings. The van der Waals surface area contributed by atoms with Crippen LogP contribution in [-0.4, -0.2) is 35.0 Å². The molecule has 0 spiro atoms. The predicted octanol–water partition coefficient (Wildman–Crippen LogP) is 3.25. The zero-order valence-corrected chi connectivity index (χ0v) is 14.5. The van der Waals surface area contributed by atoms with Gasteiger partial charge in [-0.1, -0.05) is 6.07 Å². The lowest BCUT2D eigenvalue weighted by Gasteiger charge is -2.32. The Morgan fingerprint density at radius 2 is 2.00 bits per heavy atom. The molecule has 0 unspecified atom stereocenters. The van der Waals surface area contributed by atoms with Gasteiger partial charge in [-0.05, 0) is 49.2 Å². The van der Waals surface area contributed by atoms with E-state index in [0.29, 0.717) is 24.5 Å². The van der Waals surface area contributed by atoms with Crippen molar-refractivity contribution < 1.29 is 9.53 Å². The third kappa shape index (κ3) is 3.80. The minimum Gasteiger partial charge on any atom is -0.473 e. The van der Waals surface area contributed by atoms with Gasteiger partial charge in [0.05, 0.1) is 0 Å². The summed E-state index contributed by atoms with van der Waals surface area (Å²) in [6, 6.07) is 11.3. The van der Waals surface area contributed by atoms with Crippen LogP contribution in [0.15, 0.2) is 36.5 Å². The third-order valence-corrected chi connectivity index (χ3v) is 4.65.